The topological polar surface area (TPSA) is 0 Å². The Kier molecular flexibility index (Phi) is 3.85. The Morgan fingerprint density at radius 2 is 1.89 bits per heavy atom. The van der Waals surface area contributed by atoms with Crippen LogP contribution in [0.3, 0.4) is 0 Å². The third-order valence-corrected chi connectivity index (χ3v) is 5.64. The van der Waals surface area contributed by atoms with Crippen molar-refractivity contribution in [2.75, 3.05) is 0 Å². The summed E-state index contributed by atoms with van der Waals surface area (Å²) in [4.78, 5) is 0.616. The highest BCUT2D eigenvalue weighted by molar-refractivity contribution is 7.38. The smallest absolute Gasteiger partial charge is 0.600 e. The predicted molar refractivity (Wildman–Crippen MR) is 69.1 cm³/mol. The maximum atomic E-state index is 13.2. The van der Waals surface area contributed by atoms with Gasteiger partial charge in [0.25, 0.3) is 0 Å². The number of alkyl halides is 3. The van der Waals surface area contributed by atoms with Gasteiger partial charge in [-0.25, -0.2) is 0 Å². The Morgan fingerprint density at radius 3 is 2.42 bits per heavy atom. The molecular weight excluding hydrogens is 293 g/mol. The van der Waals surface area contributed by atoms with Crippen LogP contribution in [0.25, 0.3) is 10.1 Å². The molecule has 19 heavy (non-hydrogen) atoms. The Bertz CT molecular complexity index is 596. The number of hydrogen-bond donors (Lipinski definition) is 0. The van der Waals surface area contributed by atoms with Crippen LogP contribution in [0.5, 0.6) is 0 Å². The summed E-state index contributed by atoms with van der Waals surface area (Å²) >= 11 is 0. The number of rotatable bonds is 2. The summed E-state index contributed by atoms with van der Waals surface area (Å²) in [5.41, 5.74) is -3.03. The maximum Gasteiger partial charge on any atom is 0.600 e. The van der Waals surface area contributed by atoms with E-state index in [0.717, 1.165) is 30.2 Å². The van der Waals surface area contributed by atoms with E-state index in [0.29, 0.717) is 9.58 Å². The molecule has 0 N–H and O–H groups in total. The van der Waals surface area contributed by atoms with E-state index in [1.54, 1.807) is 12.1 Å². The molecule has 1 unspecified atom stereocenters. The molecule has 5 heteroatoms. The van der Waals surface area contributed by atoms with Gasteiger partial charge in [-0.3, -0.25) is 0 Å². The highest BCUT2D eigenvalue weighted by atomic mass is 35.5. The molecule has 1 aromatic heterocycles. The van der Waals surface area contributed by atoms with Gasteiger partial charge in [-0.05, 0) is 37.0 Å². The molecule has 1 heterocycles. The number of halogens is 4. The first-order valence-corrected chi connectivity index (χ1v) is 7.39. The van der Waals surface area contributed by atoms with Crippen LogP contribution in [0.2, 0.25) is 0 Å². The van der Waals surface area contributed by atoms with Crippen molar-refractivity contribution >= 4 is 20.6 Å². The van der Waals surface area contributed by atoms with Crippen LogP contribution in [-0.2, 0) is 11.9 Å². The fourth-order valence-corrected chi connectivity index (χ4v) is 4.51. The second-order valence-electron chi connectivity index (χ2n) is 4.80. The first-order valence-electron chi connectivity index (χ1n) is 6.16. The van der Waals surface area contributed by atoms with Crippen molar-refractivity contribution in [2.24, 2.45) is 0 Å². The van der Waals surface area contributed by atoms with Crippen LogP contribution in [0.15, 0.2) is 24.3 Å². The Morgan fingerprint density at radius 1 is 1.21 bits per heavy atom. The zero-order chi connectivity index (χ0) is 12.9. The standard InChI is InChI=1S/C14H14F3S.ClH/c1-2-9-3-6-12-11(7-9)8-13(10-4-5-10)18(12)14(15,16)17;/h3,6-8,10H,2,4-5H2,1H3;1H/q+1;/p-1. The largest absolute Gasteiger partial charge is 1.00 e. The molecule has 1 saturated carbocycles. The van der Waals surface area contributed by atoms with E-state index < -0.39 is 16.0 Å². The fourth-order valence-electron chi connectivity index (χ4n) is 2.37. The van der Waals surface area contributed by atoms with Crippen molar-refractivity contribution in [3.8, 4) is 0 Å². The zero-order valence-electron chi connectivity index (χ0n) is 10.4. The average Bonchev–Trinajstić information content (AvgIpc) is 3.07. The number of fused-ring (bicyclic) bond motifs is 1. The summed E-state index contributed by atoms with van der Waals surface area (Å²) in [7, 11) is -1.67. The lowest BCUT2D eigenvalue weighted by molar-refractivity contribution is -0.0867. The van der Waals surface area contributed by atoms with Crippen LogP contribution < -0.4 is 12.4 Å². The fraction of sp³-hybridized carbons (Fsp3) is 0.429. The third-order valence-electron chi connectivity index (χ3n) is 3.45. The minimum absolute atomic E-state index is 0. The summed E-state index contributed by atoms with van der Waals surface area (Å²) < 4.78 is 40.2. The second-order valence-corrected chi connectivity index (χ2v) is 6.79. The minimum atomic E-state index is -4.13. The summed E-state index contributed by atoms with van der Waals surface area (Å²) in [5.74, 6) is 0.174. The van der Waals surface area contributed by atoms with E-state index in [1.807, 2.05) is 19.1 Å². The molecule has 1 fully saturated rings. The first-order chi connectivity index (χ1) is 8.50. The van der Waals surface area contributed by atoms with E-state index in [1.165, 1.54) is 0 Å². The highest BCUT2D eigenvalue weighted by Gasteiger charge is 2.51. The average molecular weight is 307 g/mol. The summed E-state index contributed by atoms with van der Waals surface area (Å²) in [5, 5.41) is 0.789. The van der Waals surface area contributed by atoms with Gasteiger partial charge in [-0.15, -0.1) is 13.2 Å². The lowest BCUT2D eigenvalue weighted by Crippen LogP contribution is -3.00. The molecule has 104 valence electrons. The van der Waals surface area contributed by atoms with Crippen molar-refractivity contribution in [3.05, 3.63) is 34.7 Å². The molecule has 1 aliphatic rings. The molecule has 0 radical (unpaired) electrons. The third kappa shape index (κ3) is 2.61. The maximum absolute atomic E-state index is 13.2. The highest BCUT2D eigenvalue weighted by Crippen LogP contribution is 2.57. The Hall–Kier alpha value is -0.740. The molecular formula is C14H14ClF3S. The van der Waals surface area contributed by atoms with Crippen LogP contribution in [-0.4, -0.2) is 0 Å². The van der Waals surface area contributed by atoms with Crippen LogP contribution in [0.1, 0.15) is 36.1 Å². The molecule has 2 aromatic rings. The van der Waals surface area contributed by atoms with Gasteiger partial charge in [0.1, 0.15) is 0 Å². The molecule has 1 atom stereocenters. The predicted octanol–water partition coefficient (Wildman–Crippen LogP) is 2.51. The van der Waals surface area contributed by atoms with Gasteiger partial charge in [-0.2, -0.15) is 0 Å². The number of aryl methyl sites for hydroxylation is 1. The molecule has 1 aliphatic carbocycles. The van der Waals surface area contributed by atoms with Gasteiger partial charge in [-0.1, -0.05) is 13.0 Å². The van der Waals surface area contributed by atoms with E-state index in [2.05, 4.69) is 0 Å². The van der Waals surface area contributed by atoms with Gasteiger partial charge in [0.05, 0.1) is 10.5 Å². The molecule has 0 bridgehead atoms. The molecule has 0 saturated heterocycles. The van der Waals surface area contributed by atoms with Crippen molar-refractivity contribution in [2.45, 2.75) is 37.6 Å². The monoisotopic (exact) mass is 306 g/mol. The van der Waals surface area contributed by atoms with E-state index in [-0.39, 0.29) is 18.3 Å². The number of hydrogen-bond acceptors (Lipinski definition) is 0. The molecule has 0 nitrogen and oxygen atoms in total. The molecule has 3 rings (SSSR count). The number of benzene rings is 1. The van der Waals surface area contributed by atoms with Crippen molar-refractivity contribution < 1.29 is 25.6 Å². The SMILES string of the molecule is CCc1ccc2c(c1)cc(C1CC1)[s+]2C(F)(F)F.[Cl-]. The Labute approximate surface area is 119 Å². The van der Waals surface area contributed by atoms with Crippen LogP contribution in [0.4, 0.5) is 13.2 Å². The van der Waals surface area contributed by atoms with E-state index in [9.17, 15) is 13.2 Å². The summed E-state index contributed by atoms with van der Waals surface area (Å²) in [6.07, 6.45) is 2.69. The first kappa shape index (κ1) is 14.7. The number of thiophene rings is 1. The Balaban J connectivity index is 0.00000133. The molecule has 0 aliphatic heterocycles. The quantitative estimate of drug-likeness (QED) is 0.748. The van der Waals surface area contributed by atoms with Gasteiger partial charge in [0, 0.05) is 17.4 Å². The van der Waals surface area contributed by atoms with Gasteiger partial charge in [0.15, 0.2) is 9.58 Å². The van der Waals surface area contributed by atoms with Gasteiger partial charge in [0.2, 0.25) is 0 Å². The molecule has 1 aromatic carbocycles. The van der Waals surface area contributed by atoms with Gasteiger partial charge >= 0.3 is 5.51 Å². The second kappa shape index (κ2) is 4.98. The van der Waals surface area contributed by atoms with E-state index >= 15 is 0 Å². The lowest BCUT2D eigenvalue weighted by atomic mass is 10.1. The minimum Gasteiger partial charge on any atom is -1.00 e. The molecule has 0 amide bonds. The van der Waals surface area contributed by atoms with Crippen molar-refractivity contribution in [3.63, 3.8) is 0 Å². The van der Waals surface area contributed by atoms with Crippen molar-refractivity contribution in [1.82, 2.24) is 0 Å². The summed E-state index contributed by atoms with van der Waals surface area (Å²) in [6, 6.07) is 7.21. The van der Waals surface area contributed by atoms with Crippen molar-refractivity contribution in [1.29, 1.82) is 0 Å². The van der Waals surface area contributed by atoms with Crippen LogP contribution >= 0.6 is 10.5 Å². The lowest BCUT2D eigenvalue weighted by Gasteiger charge is -1.99. The summed E-state index contributed by atoms with van der Waals surface area (Å²) in [6.45, 7) is 2.02. The van der Waals surface area contributed by atoms with Crippen LogP contribution in [0, 0.1) is 0 Å². The van der Waals surface area contributed by atoms with Gasteiger partial charge < -0.3 is 12.4 Å². The molecule has 0 spiro atoms. The zero-order valence-corrected chi connectivity index (χ0v) is 12.0. The van der Waals surface area contributed by atoms with E-state index in [4.69, 9.17) is 0 Å². The normalized spacial score (nSPS) is 16.5.